The van der Waals surface area contributed by atoms with Crippen molar-refractivity contribution in [3.8, 4) is 0 Å². The van der Waals surface area contributed by atoms with Crippen molar-refractivity contribution >= 4 is 0 Å². The summed E-state index contributed by atoms with van der Waals surface area (Å²) in [5.41, 5.74) is 0. The van der Waals surface area contributed by atoms with Gasteiger partial charge < -0.3 is 9.57 Å². The van der Waals surface area contributed by atoms with Crippen molar-refractivity contribution < 1.29 is 9.57 Å². The fraction of sp³-hybridized carbons (Fsp3) is 1.00. The summed E-state index contributed by atoms with van der Waals surface area (Å²) in [6, 6.07) is 0. The molecule has 0 aromatic carbocycles. The molecule has 0 rings (SSSR count). The van der Waals surface area contributed by atoms with Crippen molar-refractivity contribution in [3.05, 3.63) is 4.91 Å². The maximum atomic E-state index is 9.30. The van der Waals surface area contributed by atoms with Gasteiger partial charge in [-0.15, -0.1) is 4.91 Å². The minimum absolute atomic E-state index is 0.0623. The van der Waals surface area contributed by atoms with E-state index in [4.69, 9.17) is 4.74 Å². The van der Waals surface area contributed by atoms with Gasteiger partial charge in [-0.1, -0.05) is 0 Å². The third-order valence-electron chi connectivity index (χ3n) is 0.764. The summed E-state index contributed by atoms with van der Waals surface area (Å²) >= 11 is 0. The van der Waals surface area contributed by atoms with E-state index >= 15 is 0 Å². The van der Waals surface area contributed by atoms with Gasteiger partial charge in [0.25, 0.3) is 0 Å². The molecule has 0 heterocycles. The molecule has 4 heteroatoms. The molecule has 8 heavy (non-hydrogen) atoms. The van der Waals surface area contributed by atoms with Gasteiger partial charge in [-0.05, 0) is 6.92 Å². The van der Waals surface area contributed by atoms with Crippen LogP contribution in [-0.4, -0.2) is 19.8 Å². The molecule has 0 saturated heterocycles. The lowest BCUT2D eigenvalue weighted by atomic mass is 10.4. The van der Waals surface area contributed by atoms with Gasteiger partial charge in [-0.25, -0.2) is 0 Å². The molecule has 1 atom stereocenters. The fourth-order valence-corrected chi connectivity index (χ4v) is 0.203. The standard InChI is InChI=1S/C4H9NO3/c1-4(7-2)3-8-5-6/h4H,3H2,1-2H3. The molecule has 0 aromatic heterocycles. The molecule has 1 unspecified atom stereocenters. The average Bonchev–Trinajstić information content (AvgIpc) is 1.83. The molecule has 0 aromatic rings. The molecular formula is C4H9NO3. The second kappa shape index (κ2) is 4.52. The Labute approximate surface area is 47.7 Å². The summed E-state index contributed by atoms with van der Waals surface area (Å²) in [5.74, 6) is 0. The molecule has 0 aliphatic rings. The lowest BCUT2D eigenvalue weighted by molar-refractivity contribution is 0.0192. The highest BCUT2D eigenvalue weighted by Gasteiger charge is 1.96. The summed E-state index contributed by atoms with van der Waals surface area (Å²) in [7, 11) is 1.54. The van der Waals surface area contributed by atoms with E-state index in [-0.39, 0.29) is 12.7 Å². The van der Waals surface area contributed by atoms with Crippen LogP contribution >= 0.6 is 0 Å². The third-order valence-corrected chi connectivity index (χ3v) is 0.764. The van der Waals surface area contributed by atoms with E-state index in [1.165, 1.54) is 0 Å². The number of methoxy groups -OCH3 is 1. The Kier molecular flexibility index (Phi) is 4.16. The maximum absolute atomic E-state index is 9.30. The van der Waals surface area contributed by atoms with Crippen LogP contribution in [0.1, 0.15) is 6.92 Å². The van der Waals surface area contributed by atoms with E-state index in [0.29, 0.717) is 0 Å². The predicted octanol–water partition coefficient (Wildman–Crippen LogP) is 0.719. The number of nitrogens with zero attached hydrogens (tertiary/aromatic N) is 1. The first kappa shape index (κ1) is 7.36. The molecule has 0 radical (unpaired) electrons. The molecule has 0 saturated carbocycles. The monoisotopic (exact) mass is 119 g/mol. The third kappa shape index (κ3) is 3.55. The summed E-state index contributed by atoms with van der Waals surface area (Å²) in [6.07, 6.45) is -0.0623. The molecule has 4 nitrogen and oxygen atoms in total. The molecule has 0 fully saturated rings. The van der Waals surface area contributed by atoms with Gasteiger partial charge in [0.05, 0.1) is 6.10 Å². The highest BCUT2D eigenvalue weighted by Crippen LogP contribution is 1.87. The van der Waals surface area contributed by atoms with Crippen LogP contribution in [0.5, 0.6) is 0 Å². The number of rotatable bonds is 4. The highest BCUT2D eigenvalue weighted by molar-refractivity contribution is 4.41. The number of hydrogen-bond donors (Lipinski definition) is 0. The van der Waals surface area contributed by atoms with Gasteiger partial charge in [-0.2, -0.15) is 0 Å². The quantitative estimate of drug-likeness (QED) is 0.404. The topological polar surface area (TPSA) is 47.9 Å². The Morgan fingerprint density at radius 3 is 2.75 bits per heavy atom. The van der Waals surface area contributed by atoms with Crippen molar-refractivity contribution in [2.45, 2.75) is 13.0 Å². The zero-order chi connectivity index (χ0) is 6.41. The van der Waals surface area contributed by atoms with Crippen LogP contribution in [0.3, 0.4) is 0 Å². The second-order valence-electron chi connectivity index (χ2n) is 1.42. The van der Waals surface area contributed by atoms with Crippen molar-refractivity contribution in [3.63, 3.8) is 0 Å². The summed E-state index contributed by atoms with van der Waals surface area (Å²) in [5, 5.41) is 2.19. The van der Waals surface area contributed by atoms with Crippen LogP contribution in [0.4, 0.5) is 0 Å². The molecular weight excluding hydrogens is 110 g/mol. The normalized spacial score (nSPS) is 12.8. The molecule has 0 aliphatic carbocycles. The number of ether oxygens (including phenoxy) is 1. The van der Waals surface area contributed by atoms with Crippen LogP contribution in [0.2, 0.25) is 0 Å². The lowest BCUT2D eigenvalue weighted by Gasteiger charge is -2.03. The largest absolute Gasteiger partial charge is 0.378 e. The summed E-state index contributed by atoms with van der Waals surface area (Å²) < 4.78 is 4.73. The molecule has 0 bridgehead atoms. The first-order chi connectivity index (χ1) is 3.81. The van der Waals surface area contributed by atoms with Gasteiger partial charge in [-0.3, -0.25) is 0 Å². The van der Waals surface area contributed by atoms with Crippen molar-refractivity contribution in [1.82, 2.24) is 0 Å². The second-order valence-corrected chi connectivity index (χ2v) is 1.42. The van der Waals surface area contributed by atoms with E-state index in [1.54, 1.807) is 14.0 Å². The number of hydrogen-bond acceptors (Lipinski definition) is 4. The first-order valence-corrected chi connectivity index (χ1v) is 2.28. The van der Waals surface area contributed by atoms with Gasteiger partial charge in [0.1, 0.15) is 6.61 Å². The zero-order valence-corrected chi connectivity index (χ0v) is 4.96. The van der Waals surface area contributed by atoms with Crippen LogP contribution < -0.4 is 0 Å². The molecule has 0 N–H and O–H groups in total. The Bertz CT molecular complexity index is 66.3. The maximum Gasteiger partial charge on any atom is 0.155 e. The van der Waals surface area contributed by atoms with E-state index in [2.05, 4.69) is 10.2 Å². The van der Waals surface area contributed by atoms with Gasteiger partial charge in [0, 0.05) is 7.11 Å². The Morgan fingerprint density at radius 1 is 1.75 bits per heavy atom. The summed E-state index contributed by atoms with van der Waals surface area (Å²) in [4.78, 5) is 13.4. The van der Waals surface area contributed by atoms with Crippen molar-refractivity contribution in [2.75, 3.05) is 13.7 Å². The smallest absolute Gasteiger partial charge is 0.155 e. The van der Waals surface area contributed by atoms with Crippen LogP contribution in [-0.2, 0) is 9.57 Å². The first-order valence-electron chi connectivity index (χ1n) is 2.28. The average molecular weight is 119 g/mol. The van der Waals surface area contributed by atoms with Crippen LogP contribution in [0.15, 0.2) is 5.34 Å². The van der Waals surface area contributed by atoms with Gasteiger partial charge in [0.15, 0.2) is 5.34 Å². The van der Waals surface area contributed by atoms with Crippen LogP contribution in [0.25, 0.3) is 0 Å². The molecule has 0 spiro atoms. The Balaban J connectivity index is 2.97. The molecule has 0 amide bonds. The van der Waals surface area contributed by atoms with E-state index in [9.17, 15) is 4.91 Å². The zero-order valence-electron chi connectivity index (χ0n) is 4.96. The van der Waals surface area contributed by atoms with E-state index in [1.807, 2.05) is 0 Å². The predicted molar refractivity (Wildman–Crippen MR) is 28.2 cm³/mol. The van der Waals surface area contributed by atoms with Crippen LogP contribution in [0, 0.1) is 4.91 Å². The van der Waals surface area contributed by atoms with E-state index < -0.39 is 0 Å². The van der Waals surface area contributed by atoms with E-state index in [0.717, 1.165) is 0 Å². The summed E-state index contributed by atoms with van der Waals surface area (Å²) in [6.45, 7) is 2.01. The Morgan fingerprint density at radius 2 is 2.38 bits per heavy atom. The lowest BCUT2D eigenvalue weighted by Crippen LogP contribution is -2.10. The van der Waals surface area contributed by atoms with Gasteiger partial charge in [0.2, 0.25) is 0 Å². The fourth-order valence-electron chi connectivity index (χ4n) is 0.203. The molecule has 48 valence electrons. The minimum atomic E-state index is -0.0623. The SMILES string of the molecule is COC(C)CON=O. The highest BCUT2D eigenvalue weighted by atomic mass is 16.7. The van der Waals surface area contributed by atoms with Gasteiger partial charge >= 0.3 is 0 Å². The minimum Gasteiger partial charge on any atom is -0.378 e. The Hall–Kier alpha value is -0.640. The van der Waals surface area contributed by atoms with Crippen molar-refractivity contribution in [1.29, 1.82) is 0 Å². The van der Waals surface area contributed by atoms with Crippen molar-refractivity contribution in [2.24, 2.45) is 5.34 Å². The molecule has 0 aliphatic heterocycles.